The lowest BCUT2D eigenvalue weighted by Gasteiger charge is -2.09. The first kappa shape index (κ1) is 17.1. The van der Waals surface area contributed by atoms with Crippen molar-refractivity contribution in [1.82, 2.24) is 0 Å². The fourth-order valence-electron chi connectivity index (χ4n) is 1.67. The summed E-state index contributed by atoms with van der Waals surface area (Å²) in [7, 11) is 0. The fraction of sp³-hybridized carbons (Fsp3) is 0.438. The Morgan fingerprint density at radius 2 is 1.86 bits per heavy atom. The highest BCUT2D eigenvalue weighted by Crippen LogP contribution is 2.25. The Labute approximate surface area is 123 Å². The van der Waals surface area contributed by atoms with Crippen LogP contribution in [-0.2, 0) is 9.53 Å². The lowest BCUT2D eigenvalue weighted by Crippen LogP contribution is -2.05. The van der Waals surface area contributed by atoms with Crippen molar-refractivity contribution in [3.8, 4) is 5.75 Å². The molecule has 0 radical (unpaired) electrons. The average Bonchev–Trinajstić information content (AvgIpc) is 2.42. The molecule has 0 bridgehead atoms. The molecule has 0 spiro atoms. The lowest BCUT2D eigenvalue weighted by molar-refractivity contribution is -0.138. The molecule has 0 aliphatic carbocycles. The van der Waals surface area contributed by atoms with Crippen LogP contribution in [0, 0.1) is 11.6 Å². The zero-order chi connectivity index (χ0) is 15.8. The van der Waals surface area contributed by atoms with E-state index in [4.69, 9.17) is 9.47 Å². The molecular weight excluding hydrogens is 278 g/mol. The second-order valence-corrected chi connectivity index (χ2v) is 4.56. The SMILES string of the molecule is CCCCOc1c(F)cc(/C=C(\C)C(=O)OCC)cc1F. The largest absolute Gasteiger partial charge is 0.488 e. The summed E-state index contributed by atoms with van der Waals surface area (Å²) in [5.41, 5.74) is 0.522. The smallest absolute Gasteiger partial charge is 0.333 e. The van der Waals surface area contributed by atoms with E-state index in [1.807, 2.05) is 6.92 Å². The van der Waals surface area contributed by atoms with Gasteiger partial charge in [0, 0.05) is 5.57 Å². The first-order chi connectivity index (χ1) is 9.99. The van der Waals surface area contributed by atoms with Crippen molar-refractivity contribution in [2.75, 3.05) is 13.2 Å². The van der Waals surface area contributed by atoms with Crippen LogP contribution in [0.15, 0.2) is 17.7 Å². The minimum atomic E-state index is -0.783. The molecule has 116 valence electrons. The summed E-state index contributed by atoms with van der Waals surface area (Å²) in [6.07, 6.45) is 2.98. The minimum absolute atomic E-state index is 0.247. The van der Waals surface area contributed by atoms with Gasteiger partial charge in [-0.1, -0.05) is 13.3 Å². The molecule has 3 nitrogen and oxygen atoms in total. The second kappa shape index (κ2) is 8.39. The molecule has 0 saturated carbocycles. The Morgan fingerprint density at radius 1 is 1.24 bits per heavy atom. The maximum absolute atomic E-state index is 13.8. The second-order valence-electron chi connectivity index (χ2n) is 4.56. The summed E-state index contributed by atoms with van der Waals surface area (Å²) in [5, 5.41) is 0. The van der Waals surface area contributed by atoms with Gasteiger partial charge in [-0.3, -0.25) is 0 Å². The topological polar surface area (TPSA) is 35.5 Å². The molecular formula is C16H20F2O3. The fourth-order valence-corrected chi connectivity index (χ4v) is 1.67. The minimum Gasteiger partial charge on any atom is -0.488 e. The van der Waals surface area contributed by atoms with Gasteiger partial charge < -0.3 is 9.47 Å². The number of carbonyl (C=O) groups excluding carboxylic acids is 1. The normalized spacial score (nSPS) is 11.4. The molecule has 21 heavy (non-hydrogen) atoms. The van der Waals surface area contributed by atoms with Crippen LogP contribution in [0.2, 0.25) is 0 Å². The Morgan fingerprint density at radius 3 is 2.38 bits per heavy atom. The Bertz CT molecular complexity index is 501. The van der Waals surface area contributed by atoms with Crippen LogP contribution in [0.5, 0.6) is 5.75 Å². The Hall–Kier alpha value is -1.91. The third-order valence-corrected chi connectivity index (χ3v) is 2.75. The predicted molar refractivity (Wildman–Crippen MR) is 77.0 cm³/mol. The average molecular weight is 298 g/mol. The maximum atomic E-state index is 13.8. The van der Waals surface area contributed by atoms with Gasteiger partial charge in [0.05, 0.1) is 13.2 Å². The van der Waals surface area contributed by atoms with Crippen molar-refractivity contribution in [3.05, 3.63) is 34.9 Å². The highest BCUT2D eigenvalue weighted by Gasteiger charge is 2.13. The van der Waals surface area contributed by atoms with Gasteiger partial charge in [0.1, 0.15) is 0 Å². The van der Waals surface area contributed by atoms with E-state index in [0.717, 1.165) is 25.0 Å². The number of esters is 1. The van der Waals surface area contributed by atoms with Gasteiger partial charge in [0.2, 0.25) is 0 Å². The summed E-state index contributed by atoms with van der Waals surface area (Å²) in [5.74, 6) is -2.46. The van der Waals surface area contributed by atoms with Gasteiger partial charge in [-0.05, 0) is 44.0 Å². The Kier molecular flexibility index (Phi) is 6.85. The molecule has 0 aliphatic heterocycles. The van der Waals surface area contributed by atoms with Crippen LogP contribution in [0.3, 0.4) is 0 Å². The molecule has 0 atom stereocenters. The summed E-state index contributed by atoms with van der Waals surface area (Å²) in [6.45, 7) is 5.69. The Balaban J connectivity index is 2.92. The summed E-state index contributed by atoms with van der Waals surface area (Å²) < 4.78 is 37.6. The van der Waals surface area contributed by atoms with E-state index in [-0.39, 0.29) is 30.1 Å². The molecule has 5 heteroatoms. The highest BCUT2D eigenvalue weighted by molar-refractivity contribution is 5.93. The van der Waals surface area contributed by atoms with E-state index in [9.17, 15) is 13.6 Å². The van der Waals surface area contributed by atoms with Crippen LogP contribution in [-0.4, -0.2) is 19.2 Å². The van der Waals surface area contributed by atoms with Crippen LogP contribution in [0.1, 0.15) is 39.2 Å². The number of unbranched alkanes of at least 4 members (excludes halogenated alkanes) is 1. The van der Waals surface area contributed by atoms with Gasteiger partial charge in [-0.15, -0.1) is 0 Å². The first-order valence-corrected chi connectivity index (χ1v) is 6.96. The van der Waals surface area contributed by atoms with E-state index >= 15 is 0 Å². The van der Waals surface area contributed by atoms with Crippen LogP contribution in [0.25, 0.3) is 6.08 Å². The van der Waals surface area contributed by atoms with Crippen molar-refractivity contribution in [1.29, 1.82) is 0 Å². The molecule has 0 amide bonds. The molecule has 0 fully saturated rings. The van der Waals surface area contributed by atoms with Crippen LogP contribution < -0.4 is 4.74 Å². The van der Waals surface area contributed by atoms with E-state index in [0.29, 0.717) is 0 Å². The highest BCUT2D eigenvalue weighted by atomic mass is 19.1. The number of rotatable bonds is 7. The van der Waals surface area contributed by atoms with E-state index in [2.05, 4.69) is 0 Å². The maximum Gasteiger partial charge on any atom is 0.333 e. The number of benzene rings is 1. The number of ether oxygens (including phenoxy) is 2. The van der Waals surface area contributed by atoms with Gasteiger partial charge >= 0.3 is 5.97 Å². The predicted octanol–water partition coefficient (Wildman–Crippen LogP) is 4.11. The molecule has 1 aromatic carbocycles. The van der Waals surface area contributed by atoms with Gasteiger partial charge in [-0.25, -0.2) is 13.6 Å². The van der Waals surface area contributed by atoms with Gasteiger partial charge in [0.15, 0.2) is 17.4 Å². The monoisotopic (exact) mass is 298 g/mol. The van der Waals surface area contributed by atoms with Crippen molar-refractivity contribution in [3.63, 3.8) is 0 Å². The number of hydrogen-bond acceptors (Lipinski definition) is 3. The molecule has 0 aliphatic rings. The zero-order valence-corrected chi connectivity index (χ0v) is 12.5. The molecule has 0 unspecified atom stereocenters. The van der Waals surface area contributed by atoms with Crippen LogP contribution >= 0.6 is 0 Å². The lowest BCUT2D eigenvalue weighted by atomic mass is 10.1. The molecule has 0 aromatic heterocycles. The van der Waals surface area contributed by atoms with E-state index in [1.165, 1.54) is 13.0 Å². The number of halogens is 2. The third kappa shape index (κ3) is 5.17. The van der Waals surface area contributed by atoms with Crippen LogP contribution in [0.4, 0.5) is 8.78 Å². The molecule has 0 heterocycles. The third-order valence-electron chi connectivity index (χ3n) is 2.75. The van der Waals surface area contributed by atoms with Gasteiger partial charge in [0.25, 0.3) is 0 Å². The quantitative estimate of drug-likeness (QED) is 0.432. The number of carbonyl (C=O) groups is 1. The first-order valence-electron chi connectivity index (χ1n) is 6.96. The van der Waals surface area contributed by atoms with Crippen molar-refractivity contribution in [2.24, 2.45) is 0 Å². The standard InChI is InChI=1S/C16H20F2O3/c1-4-6-7-21-15-13(17)9-12(10-14(15)18)8-11(3)16(19)20-5-2/h8-10H,4-7H2,1-3H3/b11-8+. The molecule has 1 aromatic rings. The van der Waals surface area contributed by atoms with Crippen molar-refractivity contribution < 1.29 is 23.0 Å². The number of hydrogen-bond donors (Lipinski definition) is 0. The summed E-state index contributed by atoms with van der Waals surface area (Å²) >= 11 is 0. The van der Waals surface area contributed by atoms with E-state index in [1.54, 1.807) is 6.92 Å². The summed E-state index contributed by atoms with van der Waals surface area (Å²) in [4.78, 5) is 11.5. The molecule has 1 rings (SSSR count). The summed E-state index contributed by atoms with van der Waals surface area (Å²) in [6, 6.07) is 2.26. The van der Waals surface area contributed by atoms with Crippen molar-refractivity contribution in [2.45, 2.75) is 33.6 Å². The van der Waals surface area contributed by atoms with E-state index < -0.39 is 17.6 Å². The van der Waals surface area contributed by atoms with Crippen molar-refractivity contribution >= 4 is 12.0 Å². The molecule has 0 N–H and O–H groups in total. The van der Waals surface area contributed by atoms with Gasteiger partial charge in [-0.2, -0.15) is 0 Å². The zero-order valence-electron chi connectivity index (χ0n) is 12.5. The molecule has 0 saturated heterocycles.